The maximum absolute atomic E-state index is 12.6. The van der Waals surface area contributed by atoms with Crippen molar-refractivity contribution in [3.05, 3.63) is 81.5 Å². The van der Waals surface area contributed by atoms with Gasteiger partial charge in [-0.15, -0.1) is 0 Å². The van der Waals surface area contributed by atoms with Crippen molar-refractivity contribution < 1.29 is 13.2 Å². The van der Waals surface area contributed by atoms with E-state index in [-0.39, 0.29) is 17.2 Å². The lowest BCUT2D eigenvalue weighted by Crippen LogP contribution is -2.32. The number of rotatable bonds is 5. The third-order valence-corrected chi connectivity index (χ3v) is 6.80. The summed E-state index contributed by atoms with van der Waals surface area (Å²) in [4.78, 5) is 19.0. The molecular weight excluding hydrogens is 471 g/mol. The van der Waals surface area contributed by atoms with Crippen LogP contribution in [0, 0.1) is 0 Å². The molecule has 4 rings (SSSR count). The van der Waals surface area contributed by atoms with Gasteiger partial charge in [-0.05, 0) is 53.4 Å². The summed E-state index contributed by atoms with van der Waals surface area (Å²) in [6.07, 6.45) is 2.09. The standard InChI is InChI=1S/C22H20Cl2N4O3S/c23-16-5-6-21(26-12-16)28-8-7-18-15(13-28)9-17(11-20(18)32(25,30)31)27-22(29)10-14-3-1-2-4-19(14)24/h1-6,9,11-12H,7-8,10,13H2,(H,27,29)(H2,25,30,31). The zero-order chi connectivity index (χ0) is 22.9. The van der Waals surface area contributed by atoms with Crippen molar-refractivity contribution in [3.8, 4) is 0 Å². The van der Waals surface area contributed by atoms with Gasteiger partial charge in [0.05, 0.1) is 16.3 Å². The lowest BCUT2D eigenvalue weighted by molar-refractivity contribution is -0.115. The molecular formula is C22H20Cl2N4O3S. The molecule has 10 heteroatoms. The van der Waals surface area contributed by atoms with Crippen LogP contribution in [0.4, 0.5) is 11.5 Å². The van der Waals surface area contributed by atoms with Gasteiger partial charge in [-0.1, -0.05) is 41.4 Å². The zero-order valence-electron chi connectivity index (χ0n) is 16.9. The number of nitrogens with one attached hydrogen (secondary N) is 1. The van der Waals surface area contributed by atoms with Gasteiger partial charge in [0, 0.05) is 30.0 Å². The number of aromatic nitrogens is 1. The SMILES string of the molecule is NS(=O)(=O)c1cc(NC(=O)Cc2ccccc2Cl)cc2c1CCN(c1ccc(Cl)cn1)C2. The molecule has 0 fully saturated rings. The molecule has 2 heterocycles. The number of amides is 1. The molecule has 0 aliphatic carbocycles. The van der Waals surface area contributed by atoms with Crippen molar-refractivity contribution in [2.24, 2.45) is 5.14 Å². The first-order valence-electron chi connectivity index (χ1n) is 9.79. The molecule has 166 valence electrons. The fourth-order valence-corrected chi connectivity index (χ4v) is 4.94. The lowest BCUT2D eigenvalue weighted by atomic mass is 9.98. The van der Waals surface area contributed by atoms with Crippen LogP contribution in [-0.4, -0.2) is 25.9 Å². The molecule has 1 aliphatic heterocycles. The first-order chi connectivity index (χ1) is 15.2. The van der Waals surface area contributed by atoms with Crippen LogP contribution >= 0.6 is 23.2 Å². The smallest absolute Gasteiger partial charge is 0.238 e. The molecule has 0 saturated heterocycles. The Hall–Kier alpha value is -2.65. The minimum Gasteiger partial charge on any atom is -0.352 e. The van der Waals surface area contributed by atoms with Gasteiger partial charge in [0.1, 0.15) is 5.82 Å². The molecule has 0 unspecified atom stereocenters. The molecule has 0 spiro atoms. The second kappa shape index (κ2) is 9.07. The number of primary sulfonamides is 1. The van der Waals surface area contributed by atoms with Crippen LogP contribution in [0.25, 0.3) is 0 Å². The van der Waals surface area contributed by atoms with Crippen molar-refractivity contribution >= 4 is 50.6 Å². The molecule has 0 atom stereocenters. The Morgan fingerprint density at radius 2 is 1.94 bits per heavy atom. The number of nitrogens with zero attached hydrogens (tertiary/aromatic N) is 2. The van der Waals surface area contributed by atoms with Gasteiger partial charge >= 0.3 is 0 Å². The number of nitrogens with two attached hydrogens (primary N) is 1. The van der Waals surface area contributed by atoms with Gasteiger partial charge in [-0.2, -0.15) is 0 Å². The van der Waals surface area contributed by atoms with Crippen LogP contribution in [0.2, 0.25) is 10.0 Å². The molecule has 1 aromatic heterocycles. The first kappa shape index (κ1) is 22.5. The fraction of sp³-hybridized carbons (Fsp3) is 0.182. The Balaban J connectivity index is 1.63. The highest BCUT2D eigenvalue weighted by Crippen LogP contribution is 2.31. The van der Waals surface area contributed by atoms with E-state index in [1.165, 1.54) is 6.07 Å². The molecule has 1 aliphatic rings. The molecule has 32 heavy (non-hydrogen) atoms. The Bertz CT molecular complexity index is 1280. The Labute approximate surface area is 196 Å². The molecule has 3 aromatic rings. The third kappa shape index (κ3) is 5.05. The monoisotopic (exact) mass is 490 g/mol. The number of sulfonamides is 1. The van der Waals surface area contributed by atoms with Crippen molar-refractivity contribution in [3.63, 3.8) is 0 Å². The van der Waals surface area contributed by atoms with Crippen molar-refractivity contribution in [1.82, 2.24) is 4.98 Å². The van der Waals surface area contributed by atoms with Crippen LogP contribution < -0.4 is 15.4 Å². The maximum Gasteiger partial charge on any atom is 0.238 e. The highest BCUT2D eigenvalue weighted by molar-refractivity contribution is 7.89. The van der Waals surface area contributed by atoms with E-state index in [0.717, 1.165) is 11.4 Å². The summed E-state index contributed by atoms with van der Waals surface area (Å²) in [6, 6.07) is 13.8. The van der Waals surface area contributed by atoms with E-state index in [0.29, 0.717) is 46.4 Å². The van der Waals surface area contributed by atoms with Crippen molar-refractivity contribution in [2.45, 2.75) is 24.3 Å². The van der Waals surface area contributed by atoms with E-state index in [4.69, 9.17) is 28.3 Å². The number of benzene rings is 2. The second-order valence-electron chi connectivity index (χ2n) is 7.48. The maximum atomic E-state index is 12.6. The molecule has 0 saturated carbocycles. The number of halogens is 2. The lowest BCUT2D eigenvalue weighted by Gasteiger charge is -2.31. The van der Waals surface area contributed by atoms with Crippen molar-refractivity contribution in [2.75, 3.05) is 16.8 Å². The summed E-state index contributed by atoms with van der Waals surface area (Å²) in [5.41, 5.74) is 2.45. The number of anilines is 2. The summed E-state index contributed by atoms with van der Waals surface area (Å²) in [7, 11) is -3.98. The second-order valence-corrected chi connectivity index (χ2v) is 9.85. The summed E-state index contributed by atoms with van der Waals surface area (Å²) >= 11 is 12.1. The molecule has 0 radical (unpaired) electrons. The summed E-state index contributed by atoms with van der Waals surface area (Å²) in [6.45, 7) is 0.989. The van der Waals surface area contributed by atoms with E-state index in [1.54, 1.807) is 42.6 Å². The van der Waals surface area contributed by atoms with Crippen LogP contribution in [0.3, 0.4) is 0 Å². The number of fused-ring (bicyclic) bond motifs is 1. The fourth-order valence-electron chi connectivity index (χ4n) is 3.76. The third-order valence-electron chi connectivity index (χ3n) is 5.23. The minimum absolute atomic E-state index is 0.0201. The van der Waals surface area contributed by atoms with E-state index in [2.05, 4.69) is 10.3 Å². The van der Waals surface area contributed by atoms with E-state index < -0.39 is 10.0 Å². The normalized spacial score (nSPS) is 13.5. The van der Waals surface area contributed by atoms with Crippen LogP contribution in [0.5, 0.6) is 0 Å². The van der Waals surface area contributed by atoms with Gasteiger partial charge in [0.15, 0.2) is 0 Å². The minimum atomic E-state index is -3.98. The molecule has 1 amide bonds. The molecule has 0 bridgehead atoms. The quantitative estimate of drug-likeness (QED) is 0.565. The topological polar surface area (TPSA) is 105 Å². The van der Waals surface area contributed by atoms with Gasteiger partial charge in [0.25, 0.3) is 0 Å². The Kier molecular flexibility index (Phi) is 6.39. The van der Waals surface area contributed by atoms with Gasteiger partial charge in [-0.3, -0.25) is 4.79 Å². The van der Waals surface area contributed by atoms with Gasteiger partial charge < -0.3 is 10.2 Å². The summed E-state index contributed by atoms with van der Waals surface area (Å²) in [5.74, 6) is 0.413. The Morgan fingerprint density at radius 3 is 2.62 bits per heavy atom. The largest absolute Gasteiger partial charge is 0.352 e. The van der Waals surface area contributed by atoms with E-state index in [1.807, 2.05) is 11.0 Å². The zero-order valence-corrected chi connectivity index (χ0v) is 19.2. The number of carbonyl (C=O) groups is 1. The molecule has 2 aromatic carbocycles. The number of hydrogen-bond acceptors (Lipinski definition) is 5. The highest BCUT2D eigenvalue weighted by Gasteiger charge is 2.25. The Morgan fingerprint density at radius 1 is 1.16 bits per heavy atom. The average molecular weight is 491 g/mol. The average Bonchev–Trinajstić information content (AvgIpc) is 2.74. The number of hydrogen-bond donors (Lipinski definition) is 2. The molecule has 7 nitrogen and oxygen atoms in total. The summed E-state index contributed by atoms with van der Waals surface area (Å²) in [5, 5.41) is 9.28. The predicted octanol–water partition coefficient (Wildman–Crippen LogP) is 3.78. The van der Waals surface area contributed by atoms with Crippen LogP contribution in [0.15, 0.2) is 59.6 Å². The van der Waals surface area contributed by atoms with E-state index >= 15 is 0 Å². The highest BCUT2D eigenvalue weighted by atomic mass is 35.5. The number of carbonyl (C=O) groups excluding carboxylic acids is 1. The van der Waals surface area contributed by atoms with Crippen molar-refractivity contribution in [1.29, 1.82) is 0 Å². The number of pyridine rings is 1. The molecule has 3 N–H and O–H groups in total. The van der Waals surface area contributed by atoms with E-state index in [9.17, 15) is 13.2 Å². The summed E-state index contributed by atoms with van der Waals surface area (Å²) < 4.78 is 24.5. The van der Waals surface area contributed by atoms with Crippen LogP contribution in [0.1, 0.15) is 16.7 Å². The predicted molar refractivity (Wildman–Crippen MR) is 126 cm³/mol. The van der Waals surface area contributed by atoms with Gasteiger partial charge in [-0.25, -0.2) is 18.5 Å². The van der Waals surface area contributed by atoms with Crippen LogP contribution in [-0.2, 0) is 34.2 Å². The first-order valence-corrected chi connectivity index (χ1v) is 12.1. The van der Waals surface area contributed by atoms with Gasteiger partial charge in [0.2, 0.25) is 15.9 Å².